The van der Waals surface area contributed by atoms with Crippen LogP contribution in [0.3, 0.4) is 0 Å². The molecule has 0 radical (unpaired) electrons. The summed E-state index contributed by atoms with van der Waals surface area (Å²) in [6, 6.07) is 11.7. The highest BCUT2D eigenvalue weighted by atomic mass is 32.2. The predicted octanol–water partition coefficient (Wildman–Crippen LogP) is 1.75. The van der Waals surface area contributed by atoms with E-state index in [9.17, 15) is 23.3 Å². The Hall–Kier alpha value is -3.27. The van der Waals surface area contributed by atoms with Crippen molar-refractivity contribution in [1.29, 1.82) is 0 Å². The lowest BCUT2D eigenvalue weighted by Crippen LogP contribution is -2.25. The molecule has 0 aliphatic carbocycles. The van der Waals surface area contributed by atoms with Gasteiger partial charge in [-0.2, -0.15) is 5.10 Å². The van der Waals surface area contributed by atoms with Crippen LogP contribution in [-0.2, 0) is 10.0 Å². The number of carbonyl (C=O) groups is 1. The van der Waals surface area contributed by atoms with Crippen LogP contribution in [0.5, 0.6) is 0 Å². The van der Waals surface area contributed by atoms with E-state index in [1.54, 1.807) is 6.07 Å². The summed E-state index contributed by atoms with van der Waals surface area (Å²) in [5.41, 5.74) is 3.39. The molecular weight excluding hydrogens is 360 g/mol. The lowest BCUT2D eigenvalue weighted by Gasteiger charge is -2.16. The molecule has 26 heavy (non-hydrogen) atoms. The molecule has 0 saturated carbocycles. The van der Waals surface area contributed by atoms with Crippen LogP contribution in [0.2, 0.25) is 0 Å². The number of benzene rings is 2. The summed E-state index contributed by atoms with van der Waals surface area (Å²) in [6.45, 7) is 0. The number of nitro benzene ring substituents is 1. The van der Waals surface area contributed by atoms with Gasteiger partial charge in [-0.3, -0.25) is 19.2 Å². The first-order valence-corrected chi connectivity index (χ1v) is 9.15. The van der Waals surface area contributed by atoms with Gasteiger partial charge in [0.05, 0.1) is 23.1 Å². The van der Waals surface area contributed by atoms with Crippen LogP contribution in [0.15, 0.2) is 53.6 Å². The van der Waals surface area contributed by atoms with Crippen molar-refractivity contribution in [3.8, 4) is 0 Å². The number of amides is 1. The Morgan fingerprint density at radius 3 is 2.46 bits per heavy atom. The normalized spacial score (nSPS) is 11.3. The van der Waals surface area contributed by atoms with Gasteiger partial charge in [0.1, 0.15) is 0 Å². The summed E-state index contributed by atoms with van der Waals surface area (Å²) in [7, 11) is -1.97. The third-order valence-corrected chi connectivity index (χ3v) is 4.66. The summed E-state index contributed by atoms with van der Waals surface area (Å²) in [5.74, 6) is -0.500. The summed E-state index contributed by atoms with van der Waals surface area (Å²) < 4.78 is 24.0. The van der Waals surface area contributed by atoms with Crippen molar-refractivity contribution >= 4 is 33.5 Å². The molecule has 0 unspecified atom stereocenters. The molecule has 0 aliphatic heterocycles. The van der Waals surface area contributed by atoms with Crippen LogP contribution in [0.1, 0.15) is 15.9 Å². The van der Waals surface area contributed by atoms with Gasteiger partial charge in [0.25, 0.3) is 11.6 Å². The molecule has 0 aromatic heterocycles. The highest BCUT2D eigenvalue weighted by Crippen LogP contribution is 2.16. The van der Waals surface area contributed by atoms with Crippen LogP contribution in [0.4, 0.5) is 11.4 Å². The number of carbonyl (C=O) groups excluding carboxylic acids is 1. The summed E-state index contributed by atoms with van der Waals surface area (Å²) in [5, 5.41) is 14.5. The van der Waals surface area contributed by atoms with Crippen molar-refractivity contribution in [1.82, 2.24) is 5.43 Å². The van der Waals surface area contributed by atoms with E-state index in [-0.39, 0.29) is 11.3 Å². The molecule has 0 fully saturated rings. The molecule has 0 heterocycles. The first-order chi connectivity index (χ1) is 12.2. The quantitative estimate of drug-likeness (QED) is 0.467. The molecule has 2 aromatic rings. The Balaban J connectivity index is 2.04. The fourth-order valence-corrected chi connectivity index (χ4v) is 2.47. The minimum atomic E-state index is -3.38. The Morgan fingerprint density at radius 1 is 1.23 bits per heavy atom. The van der Waals surface area contributed by atoms with Crippen LogP contribution in [0.25, 0.3) is 0 Å². The van der Waals surface area contributed by atoms with Crippen molar-refractivity contribution in [2.24, 2.45) is 5.10 Å². The van der Waals surface area contributed by atoms with Gasteiger partial charge in [-0.25, -0.2) is 13.8 Å². The van der Waals surface area contributed by atoms with Crippen LogP contribution in [0, 0.1) is 10.1 Å². The largest absolute Gasteiger partial charge is 0.274 e. The van der Waals surface area contributed by atoms with Crippen molar-refractivity contribution in [2.45, 2.75) is 0 Å². The number of nitro groups is 1. The number of sulfonamides is 1. The maximum absolute atomic E-state index is 12.0. The number of hydrogen-bond donors (Lipinski definition) is 1. The average Bonchev–Trinajstić information content (AvgIpc) is 2.60. The fraction of sp³-hybridized carbons (Fsp3) is 0.125. The second kappa shape index (κ2) is 7.74. The molecule has 1 amide bonds. The highest BCUT2D eigenvalue weighted by Gasteiger charge is 2.12. The molecule has 0 bridgehead atoms. The second-order valence-corrected chi connectivity index (χ2v) is 7.34. The van der Waals surface area contributed by atoms with E-state index in [4.69, 9.17) is 0 Å². The zero-order valence-electron chi connectivity index (χ0n) is 14.0. The Labute approximate surface area is 150 Å². The second-order valence-electron chi connectivity index (χ2n) is 5.33. The molecule has 10 heteroatoms. The Kier molecular flexibility index (Phi) is 5.68. The van der Waals surface area contributed by atoms with Gasteiger partial charge in [-0.05, 0) is 24.3 Å². The summed E-state index contributed by atoms with van der Waals surface area (Å²) in [6.07, 6.45) is 2.37. The minimum Gasteiger partial charge on any atom is -0.274 e. The van der Waals surface area contributed by atoms with Gasteiger partial charge < -0.3 is 0 Å². The minimum absolute atomic E-state index is 0.0779. The highest BCUT2D eigenvalue weighted by molar-refractivity contribution is 7.92. The SMILES string of the molecule is CN(c1ccc(C(=O)N/N=C\c2cccc([N+](=O)[O-])c2)cc1)S(C)(=O)=O. The van der Waals surface area contributed by atoms with Gasteiger partial charge in [-0.15, -0.1) is 0 Å². The van der Waals surface area contributed by atoms with Crippen LogP contribution in [-0.4, -0.2) is 38.8 Å². The van der Waals surface area contributed by atoms with E-state index in [2.05, 4.69) is 10.5 Å². The monoisotopic (exact) mass is 376 g/mol. The van der Waals surface area contributed by atoms with E-state index >= 15 is 0 Å². The molecule has 136 valence electrons. The van der Waals surface area contributed by atoms with E-state index in [0.29, 0.717) is 11.3 Å². The zero-order valence-corrected chi connectivity index (χ0v) is 14.8. The zero-order chi connectivity index (χ0) is 19.3. The molecule has 2 rings (SSSR count). The molecule has 0 atom stereocenters. The van der Waals surface area contributed by atoms with Gasteiger partial charge in [-0.1, -0.05) is 12.1 Å². The molecule has 1 N–H and O–H groups in total. The number of nitrogens with one attached hydrogen (secondary N) is 1. The summed E-state index contributed by atoms with van der Waals surface area (Å²) in [4.78, 5) is 22.2. The van der Waals surface area contributed by atoms with Crippen molar-refractivity contribution in [2.75, 3.05) is 17.6 Å². The van der Waals surface area contributed by atoms with Gasteiger partial charge in [0, 0.05) is 30.3 Å². The lowest BCUT2D eigenvalue weighted by molar-refractivity contribution is -0.384. The van der Waals surface area contributed by atoms with E-state index < -0.39 is 20.9 Å². The number of rotatable bonds is 6. The third-order valence-electron chi connectivity index (χ3n) is 3.45. The lowest BCUT2D eigenvalue weighted by atomic mass is 10.2. The smallest absolute Gasteiger partial charge is 0.271 e. The first-order valence-electron chi connectivity index (χ1n) is 7.30. The topological polar surface area (TPSA) is 122 Å². The molecule has 9 nitrogen and oxygen atoms in total. The van der Waals surface area contributed by atoms with Gasteiger partial charge >= 0.3 is 0 Å². The van der Waals surface area contributed by atoms with Gasteiger partial charge in [0.2, 0.25) is 10.0 Å². The maximum atomic E-state index is 12.0. The van der Waals surface area contributed by atoms with Crippen molar-refractivity contribution < 1.29 is 18.1 Å². The number of anilines is 1. The number of hydrazone groups is 1. The Morgan fingerprint density at radius 2 is 1.88 bits per heavy atom. The standard InChI is InChI=1S/C16H16N4O5S/c1-19(26(2,24)25)14-8-6-13(7-9-14)16(21)18-17-11-12-4-3-5-15(10-12)20(22)23/h3-11H,1-2H3,(H,18,21)/b17-11-. The number of hydrogen-bond acceptors (Lipinski definition) is 6. The Bertz CT molecular complexity index is 955. The molecule has 0 saturated heterocycles. The summed E-state index contributed by atoms with van der Waals surface area (Å²) >= 11 is 0. The van der Waals surface area contributed by atoms with E-state index in [0.717, 1.165) is 10.6 Å². The molecule has 0 aliphatic rings. The van der Waals surface area contributed by atoms with Crippen LogP contribution < -0.4 is 9.73 Å². The van der Waals surface area contributed by atoms with Crippen molar-refractivity contribution in [3.63, 3.8) is 0 Å². The molecule has 0 spiro atoms. The fourth-order valence-electron chi connectivity index (χ4n) is 1.96. The van der Waals surface area contributed by atoms with Crippen LogP contribution >= 0.6 is 0 Å². The first kappa shape index (κ1) is 19.1. The molecule has 2 aromatic carbocycles. The predicted molar refractivity (Wildman–Crippen MR) is 97.8 cm³/mol. The number of nitrogens with zero attached hydrogens (tertiary/aromatic N) is 3. The molecular formula is C16H16N4O5S. The van der Waals surface area contributed by atoms with Crippen molar-refractivity contribution in [3.05, 3.63) is 69.8 Å². The van der Waals surface area contributed by atoms with Gasteiger partial charge in [0.15, 0.2) is 0 Å². The maximum Gasteiger partial charge on any atom is 0.271 e. The van der Waals surface area contributed by atoms with E-state index in [1.807, 2.05) is 0 Å². The average molecular weight is 376 g/mol. The number of non-ortho nitro benzene ring substituents is 1. The third kappa shape index (κ3) is 4.86. The van der Waals surface area contributed by atoms with E-state index in [1.165, 1.54) is 55.7 Å².